The summed E-state index contributed by atoms with van der Waals surface area (Å²) in [5.74, 6) is 0.436. The summed E-state index contributed by atoms with van der Waals surface area (Å²) in [6, 6.07) is 12.6. The first-order chi connectivity index (χ1) is 18.0. The van der Waals surface area contributed by atoms with E-state index in [1.807, 2.05) is 35.3 Å². The molecule has 1 saturated heterocycles. The minimum atomic E-state index is -3.59. The van der Waals surface area contributed by atoms with Crippen molar-refractivity contribution in [1.82, 2.24) is 29.4 Å². The molecular formula is C26H31N7O3S. The van der Waals surface area contributed by atoms with Crippen LogP contribution in [0.4, 0.5) is 11.6 Å². The number of ether oxygens (including phenoxy) is 1. The minimum absolute atomic E-state index is 0.215. The van der Waals surface area contributed by atoms with Crippen LogP contribution >= 0.6 is 0 Å². The standard InChI is InChI=1S/C26H31N7O3S/c1-2-10-33-19-22(18-28-33)20-3-4-21-17-27-26(31-25(21)16-20)30-23-5-7-24(8-6-23)37(34,35)29-9-11-32-12-14-36-15-13-32/h3-8,16-19,29H,2,9-15H2,1H3,(H,27,30,31). The van der Waals surface area contributed by atoms with Gasteiger partial charge in [0.25, 0.3) is 0 Å². The average molecular weight is 522 g/mol. The number of hydrogen-bond acceptors (Lipinski definition) is 8. The highest BCUT2D eigenvalue weighted by Gasteiger charge is 2.16. The Hall–Kier alpha value is -3.38. The second-order valence-corrected chi connectivity index (χ2v) is 10.7. The molecular weight excluding hydrogens is 490 g/mol. The molecule has 10 nitrogen and oxygen atoms in total. The maximum absolute atomic E-state index is 12.7. The van der Waals surface area contributed by atoms with E-state index < -0.39 is 10.0 Å². The lowest BCUT2D eigenvalue weighted by atomic mass is 10.1. The van der Waals surface area contributed by atoms with Gasteiger partial charge in [-0.2, -0.15) is 5.10 Å². The van der Waals surface area contributed by atoms with Crippen LogP contribution in [-0.2, 0) is 21.3 Å². The third-order valence-electron chi connectivity index (χ3n) is 6.25. The molecule has 2 N–H and O–H groups in total. The Kier molecular flexibility index (Phi) is 7.75. The van der Waals surface area contributed by atoms with Crippen molar-refractivity contribution in [1.29, 1.82) is 0 Å². The SMILES string of the molecule is CCCn1cc(-c2ccc3cnc(Nc4ccc(S(=O)(=O)NCCN5CCOCC5)cc4)nc3c2)cn1. The van der Waals surface area contributed by atoms with Crippen molar-refractivity contribution in [3.8, 4) is 11.1 Å². The van der Waals surface area contributed by atoms with Gasteiger partial charge >= 0.3 is 0 Å². The monoisotopic (exact) mass is 521 g/mol. The van der Waals surface area contributed by atoms with Crippen LogP contribution in [-0.4, -0.2) is 72.5 Å². The predicted octanol–water partition coefficient (Wildman–Crippen LogP) is 3.26. The average Bonchev–Trinajstić information content (AvgIpc) is 3.38. The number of sulfonamides is 1. The molecule has 3 heterocycles. The molecule has 0 atom stereocenters. The van der Waals surface area contributed by atoms with Crippen molar-refractivity contribution in [2.24, 2.45) is 0 Å². The Morgan fingerprint density at radius 1 is 1.00 bits per heavy atom. The first-order valence-corrected chi connectivity index (χ1v) is 13.9. The van der Waals surface area contributed by atoms with E-state index in [2.05, 4.69) is 36.9 Å². The van der Waals surface area contributed by atoms with E-state index in [9.17, 15) is 8.42 Å². The van der Waals surface area contributed by atoms with Crippen LogP contribution < -0.4 is 10.0 Å². The first kappa shape index (κ1) is 25.3. The van der Waals surface area contributed by atoms with Crippen molar-refractivity contribution in [2.45, 2.75) is 24.8 Å². The zero-order chi connectivity index (χ0) is 25.7. The summed E-state index contributed by atoms with van der Waals surface area (Å²) in [6.45, 7) is 7.04. The van der Waals surface area contributed by atoms with Crippen LogP contribution in [0.2, 0.25) is 0 Å². The normalized spacial score (nSPS) is 14.7. The van der Waals surface area contributed by atoms with Gasteiger partial charge in [0.05, 0.1) is 29.8 Å². The highest BCUT2D eigenvalue weighted by molar-refractivity contribution is 7.89. The van der Waals surface area contributed by atoms with Crippen LogP contribution in [0.15, 0.2) is 66.0 Å². The summed E-state index contributed by atoms with van der Waals surface area (Å²) in [5.41, 5.74) is 3.58. The lowest BCUT2D eigenvalue weighted by Gasteiger charge is -2.26. The quantitative estimate of drug-likeness (QED) is 0.327. The summed E-state index contributed by atoms with van der Waals surface area (Å²) in [6.07, 6.45) is 6.70. The molecule has 1 fully saturated rings. The van der Waals surface area contributed by atoms with Crippen LogP contribution in [0.1, 0.15) is 13.3 Å². The van der Waals surface area contributed by atoms with Gasteiger partial charge in [0.2, 0.25) is 16.0 Å². The van der Waals surface area contributed by atoms with Gasteiger partial charge in [0, 0.05) is 61.8 Å². The number of benzene rings is 2. The smallest absolute Gasteiger partial charge is 0.240 e. The lowest BCUT2D eigenvalue weighted by molar-refractivity contribution is 0.0390. The van der Waals surface area contributed by atoms with Crippen LogP contribution in [0.3, 0.4) is 0 Å². The maximum atomic E-state index is 12.7. The van der Waals surface area contributed by atoms with Crippen molar-refractivity contribution < 1.29 is 13.2 Å². The van der Waals surface area contributed by atoms with Crippen LogP contribution in [0.5, 0.6) is 0 Å². The molecule has 194 valence electrons. The van der Waals surface area contributed by atoms with Gasteiger partial charge in [-0.05, 0) is 42.3 Å². The van der Waals surface area contributed by atoms with E-state index in [4.69, 9.17) is 4.74 Å². The summed E-state index contributed by atoms with van der Waals surface area (Å²) < 4.78 is 35.3. The number of fused-ring (bicyclic) bond motifs is 1. The largest absolute Gasteiger partial charge is 0.379 e. The van der Waals surface area contributed by atoms with E-state index in [1.165, 1.54) is 0 Å². The zero-order valence-corrected chi connectivity index (χ0v) is 21.6. The molecule has 0 aliphatic carbocycles. The summed E-state index contributed by atoms with van der Waals surface area (Å²) >= 11 is 0. The Balaban J connectivity index is 1.24. The molecule has 0 spiro atoms. The number of hydrogen-bond donors (Lipinski definition) is 2. The number of aryl methyl sites for hydroxylation is 1. The highest BCUT2D eigenvalue weighted by atomic mass is 32.2. The topological polar surface area (TPSA) is 114 Å². The zero-order valence-electron chi connectivity index (χ0n) is 20.8. The van der Waals surface area contributed by atoms with Crippen LogP contribution in [0, 0.1) is 0 Å². The molecule has 1 aliphatic rings. The van der Waals surface area contributed by atoms with E-state index in [1.54, 1.807) is 30.5 Å². The molecule has 37 heavy (non-hydrogen) atoms. The molecule has 4 aromatic rings. The van der Waals surface area contributed by atoms with Crippen molar-refractivity contribution >= 4 is 32.6 Å². The Morgan fingerprint density at radius 3 is 2.59 bits per heavy atom. The number of morpholine rings is 1. The Labute approximate surface area is 216 Å². The van der Waals surface area contributed by atoms with Gasteiger partial charge in [0.1, 0.15) is 0 Å². The van der Waals surface area contributed by atoms with Crippen LogP contribution in [0.25, 0.3) is 22.0 Å². The van der Waals surface area contributed by atoms with E-state index in [0.29, 0.717) is 37.9 Å². The molecule has 0 radical (unpaired) electrons. The number of nitrogens with zero attached hydrogens (tertiary/aromatic N) is 5. The molecule has 0 amide bonds. The third-order valence-corrected chi connectivity index (χ3v) is 7.72. The summed E-state index contributed by atoms with van der Waals surface area (Å²) in [4.78, 5) is 11.5. The predicted molar refractivity (Wildman–Crippen MR) is 143 cm³/mol. The second-order valence-electron chi connectivity index (χ2n) is 8.96. The molecule has 11 heteroatoms. The molecule has 1 aliphatic heterocycles. The van der Waals surface area contributed by atoms with Crippen molar-refractivity contribution in [3.63, 3.8) is 0 Å². The van der Waals surface area contributed by atoms with Crippen molar-refractivity contribution in [2.75, 3.05) is 44.7 Å². The van der Waals surface area contributed by atoms with Gasteiger partial charge in [0.15, 0.2) is 0 Å². The summed E-state index contributed by atoms with van der Waals surface area (Å²) in [5, 5.41) is 8.51. The summed E-state index contributed by atoms with van der Waals surface area (Å²) in [7, 11) is -3.59. The number of nitrogens with one attached hydrogen (secondary N) is 2. The molecule has 0 unspecified atom stereocenters. The molecule has 0 bridgehead atoms. The highest BCUT2D eigenvalue weighted by Crippen LogP contribution is 2.24. The molecule has 2 aromatic carbocycles. The maximum Gasteiger partial charge on any atom is 0.240 e. The molecule has 2 aromatic heterocycles. The fraction of sp³-hybridized carbons (Fsp3) is 0.346. The fourth-order valence-corrected chi connectivity index (χ4v) is 5.24. The van der Waals surface area contributed by atoms with E-state index in [0.717, 1.165) is 48.1 Å². The first-order valence-electron chi connectivity index (χ1n) is 12.5. The van der Waals surface area contributed by atoms with Gasteiger partial charge in [-0.1, -0.05) is 19.1 Å². The number of aromatic nitrogens is 4. The Morgan fingerprint density at radius 2 is 1.81 bits per heavy atom. The van der Waals surface area contributed by atoms with E-state index >= 15 is 0 Å². The second kappa shape index (κ2) is 11.3. The van der Waals surface area contributed by atoms with Gasteiger partial charge < -0.3 is 10.1 Å². The van der Waals surface area contributed by atoms with Crippen molar-refractivity contribution in [3.05, 3.63) is 61.1 Å². The van der Waals surface area contributed by atoms with Gasteiger partial charge in [-0.3, -0.25) is 9.58 Å². The van der Waals surface area contributed by atoms with Gasteiger partial charge in [-0.25, -0.2) is 23.1 Å². The van der Waals surface area contributed by atoms with E-state index in [-0.39, 0.29) is 4.90 Å². The molecule has 5 rings (SSSR count). The number of anilines is 2. The number of rotatable bonds is 10. The fourth-order valence-electron chi connectivity index (χ4n) is 4.22. The minimum Gasteiger partial charge on any atom is -0.379 e. The lowest BCUT2D eigenvalue weighted by Crippen LogP contribution is -2.41. The Bertz CT molecular complexity index is 1450. The third kappa shape index (κ3) is 6.31. The van der Waals surface area contributed by atoms with Gasteiger partial charge in [-0.15, -0.1) is 0 Å². The molecule has 0 saturated carbocycles.